The second-order valence-corrected chi connectivity index (χ2v) is 11.4. The monoisotopic (exact) mass is 536 g/mol. The van der Waals surface area contributed by atoms with Gasteiger partial charge in [-0.1, -0.05) is 51.0 Å². The van der Waals surface area contributed by atoms with Crippen LogP contribution in [0.25, 0.3) is 0 Å². The van der Waals surface area contributed by atoms with E-state index in [4.69, 9.17) is 24.1 Å². The van der Waals surface area contributed by atoms with Crippen molar-refractivity contribution in [1.29, 1.82) is 0 Å². The number of aliphatic hydroxyl groups excluding tert-OH is 1. The number of carbonyl (C=O) groups is 1. The van der Waals surface area contributed by atoms with Crippen LogP contribution in [0.4, 0.5) is 0 Å². The summed E-state index contributed by atoms with van der Waals surface area (Å²) in [4.78, 5) is 10.8. The maximum absolute atomic E-state index is 11.1. The van der Waals surface area contributed by atoms with Gasteiger partial charge in [0.15, 0.2) is 12.6 Å². The lowest BCUT2D eigenvalue weighted by Crippen LogP contribution is -2.32. The maximum atomic E-state index is 11.1. The molecule has 7 nitrogen and oxygen atoms in total. The molecule has 1 saturated carbocycles. The number of aliphatic hydroxyl groups is 1. The van der Waals surface area contributed by atoms with Crippen molar-refractivity contribution in [3.8, 4) is 0 Å². The number of carboxylic acid groups (broad SMARTS) is 1. The number of unbranched alkanes of at least 4 members (excludes halogenated alkanes) is 2. The van der Waals surface area contributed by atoms with Crippen molar-refractivity contribution in [2.24, 2.45) is 17.8 Å². The molecule has 0 aromatic rings. The van der Waals surface area contributed by atoms with E-state index >= 15 is 0 Å². The average molecular weight is 537 g/mol. The summed E-state index contributed by atoms with van der Waals surface area (Å²) >= 11 is 0. The van der Waals surface area contributed by atoms with Gasteiger partial charge in [-0.15, -0.1) is 0 Å². The van der Waals surface area contributed by atoms with Crippen LogP contribution in [0.1, 0.15) is 104 Å². The number of ether oxygens (including phenoxy) is 4. The topological polar surface area (TPSA) is 94.5 Å². The van der Waals surface area contributed by atoms with E-state index in [1.807, 2.05) is 6.08 Å². The van der Waals surface area contributed by atoms with E-state index in [0.29, 0.717) is 18.8 Å². The van der Waals surface area contributed by atoms with Crippen LogP contribution < -0.4 is 0 Å². The lowest BCUT2D eigenvalue weighted by atomic mass is 9.88. The first-order valence-corrected chi connectivity index (χ1v) is 15.2. The Hall–Kier alpha value is -1.25. The van der Waals surface area contributed by atoms with Gasteiger partial charge in [0.1, 0.15) is 0 Å². The lowest BCUT2D eigenvalue weighted by molar-refractivity contribution is -0.193. The Morgan fingerprint density at radius 1 is 1.05 bits per heavy atom. The van der Waals surface area contributed by atoms with Crippen LogP contribution in [0, 0.1) is 17.8 Å². The van der Waals surface area contributed by atoms with Gasteiger partial charge in [0.2, 0.25) is 0 Å². The predicted molar refractivity (Wildman–Crippen MR) is 148 cm³/mol. The molecule has 3 rings (SSSR count). The predicted octanol–water partition coefficient (Wildman–Crippen LogP) is 6.39. The zero-order valence-corrected chi connectivity index (χ0v) is 23.7. The zero-order chi connectivity index (χ0) is 27.2. The molecule has 3 fully saturated rings. The largest absolute Gasteiger partial charge is 0.481 e. The van der Waals surface area contributed by atoms with Crippen molar-refractivity contribution in [3.05, 3.63) is 24.3 Å². The summed E-state index contributed by atoms with van der Waals surface area (Å²) in [6.07, 6.45) is 20.2. The van der Waals surface area contributed by atoms with Crippen molar-refractivity contribution in [2.75, 3.05) is 13.2 Å². The van der Waals surface area contributed by atoms with Crippen LogP contribution in [0.5, 0.6) is 0 Å². The van der Waals surface area contributed by atoms with Crippen molar-refractivity contribution in [3.63, 3.8) is 0 Å². The van der Waals surface area contributed by atoms with Gasteiger partial charge in [0.25, 0.3) is 0 Å². The summed E-state index contributed by atoms with van der Waals surface area (Å²) in [6.45, 7) is 5.97. The van der Waals surface area contributed by atoms with E-state index in [1.165, 1.54) is 6.42 Å². The van der Waals surface area contributed by atoms with E-state index in [2.05, 4.69) is 32.1 Å². The van der Waals surface area contributed by atoms with Crippen LogP contribution >= 0.6 is 0 Å². The molecule has 0 aromatic carbocycles. The highest BCUT2D eigenvalue weighted by atomic mass is 16.7. The summed E-state index contributed by atoms with van der Waals surface area (Å²) in [7, 11) is 0. The number of allylic oxidation sites excluding steroid dienone is 2. The summed E-state index contributed by atoms with van der Waals surface area (Å²) < 4.78 is 24.8. The van der Waals surface area contributed by atoms with Crippen molar-refractivity contribution in [2.45, 2.75) is 135 Å². The molecular weight excluding hydrogens is 484 g/mol. The van der Waals surface area contributed by atoms with Gasteiger partial charge >= 0.3 is 5.97 Å². The van der Waals surface area contributed by atoms with Crippen molar-refractivity contribution in [1.82, 2.24) is 0 Å². The Bertz CT molecular complexity index is 711. The van der Waals surface area contributed by atoms with E-state index in [1.54, 1.807) is 0 Å². The van der Waals surface area contributed by atoms with Crippen LogP contribution in [-0.2, 0) is 23.7 Å². The molecule has 2 saturated heterocycles. The molecule has 1 aliphatic carbocycles. The van der Waals surface area contributed by atoms with E-state index < -0.39 is 12.1 Å². The van der Waals surface area contributed by atoms with Gasteiger partial charge in [-0.25, -0.2) is 0 Å². The Balaban J connectivity index is 1.71. The highest BCUT2D eigenvalue weighted by Gasteiger charge is 2.42. The molecule has 2 aliphatic heterocycles. The quantitative estimate of drug-likeness (QED) is 0.174. The first-order chi connectivity index (χ1) is 18.5. The fraction of sp³-hybridized carbons (Fsp3) is 0.839. The maximum Gasteiger partial charge on any atom is 0.303 e. The van der Waals surface area contributed by atoms with E-state index in [-0.39, 0.29) is 43.0 Å². The summed E-state index contributed by atoms with van der Waals surface area (Å²) in [6, 6.07) is 0. The van der Waals surface area contributed by atoms with Gasteiger partial charge in [-0.3, -0.25) is 4.79 Å². The first kappa shape index (κ1) is 31.3. The highest BCUT2D eigenvalue weighted by molar-refractivity contribution is 5.66. The summed E-state index contributed by atoms with van der Waals surface area (Å²) in [5, 5.41) is 19.9. The van der Waals surface area contributed by atoms with Crippen molar-refractivity contribution >= 4 is 5.97 Å². The lowest BCUT2D eigenvalue weighted by Gasteiger charge is -2.31. The first-order valence-electron chi connectivity index (χ1n) is 15.2. The normalized spacial score (nSPS) is 32.2. The van der Waals surface area contributed by atoms with Gasteiger partial charge in [0.05, 0.1) is 18.3 Å². The minimum Gasteiger partial charge on any atom is -0.481 e. The number of aliphatic carboxylic acids is 1. The molecule has 0 radical (unpaired) electrons. The fourth-order valence-corrected chi connectivity index (χ4v) is 5.88. The third-order valence-electron chi connectivity index (χ3n) is 8.24. The second kappa shape index (κ2) is 17.4. The standard InChI is InChI=1S/C31H52O7/c1-3-4-13-23(2)27(37-30-16-9-11-20-35-30)19-18-25-24(14-7-5-6-8-15-29(33)34)26(32)22-28(25)38-31-17-10-12-21-36-31/h5,7,18-19,23-28,30-32H,3-4,6,8-17,20-22H2,1-2H3,(H,33,34)/b7-5-,19-18+/t23-,24-,25-,26+,27-,28-,30?,31?/m1/s1. The molecule has 38 heavy (non-hydrogen) atoms. The van der Waals surface area contributed by atoms with E-state index in [9.17, 15) is 9.90 Å². The Labute approximate surface area is 229 Å². The molecule has 0 spiro atoms. The summed E-state index contributed by atoms with van der Waals surface area (Å²) in [5.74, 6) is -0.302. The third kappa shape index (κ3) is 10.7. The molecule has 0 bridgehead atoms. The van der Waals surface area contributed by atoms with Crippen molar-refractivity contribution < 1.29 is 34.0 Å². The van der Waals surface area contributed by atoms with Crippen LogP contribution in [0.2, 0.25) is 0 Å². The SMILES string of the molecule is CCCC[C@@H](C)[C@@H](/C=C/[C@@H]1[C@@H](C/C=C\CCCC(=O)O)[C@@H](O)C[C@H]1OC1CCCCO1)OC1CCCCO1. The van der Waals surface area contributed by atoms with Gasteiger partial charge in [-0.2, -0.15) is 0 Å². The number of hydrogen-bond donors (Lipinski definition) is 2. The van der Waals surface area contributed by atoms with Crippen LogP contribution in [-0.4, -0.2) is 60.3 Å². The van der Waals surface area contributed by atoms with Gasteiger partial charge in [0, 0.05) is 32.0 Å². The molecule has 2 heterocycles. The molecule has 0 aromatic heterocycles. The van der Waals surface area contributed by atoms with Gasteiger partial charge in [-0.05, 0) is 76.0 Å². The Morgan fingerprint density at radius 2 is 1.79 bits per heavy atom. The van der Waals surface area contributed by atoms with Crippen LogP contribution in [0.15, 0.2) is 24.3 Å². The minimum absolute atomic E-state index is 0.0353. The molecule has 7 heteroatoms. The molecule has 218 valence electrons. The van der Waals surface area contributed by atoms with Crippen LogP contribution in [0.3, 0.4) is 0 Å². The molecule has 2 N–H and O–H groups in total. The fourth-order valence-electron chi connectivity index (χ4n) is 5.88. The number of rotatable bonds is 16. The van der Waals surface area contributed by atoms with Gasteiger partial charge < -0.3 is 29.2 Å². The molecule has 3 aliphatic rings. The minimum atomic E-state index is -0.761. The van der Waals surface area contributed by atoms with E-state index in [0.717, 1.165) is 77.4 Å². The Morgan fingerprint density at radius 3 is 2.45 bits per heavy atom. The molecule has 8 atom stereocenters. The molecule has 0 amide bonds. The molecular formula is C31H52O7. The third-order valence-corrected chi connectivity index (χ3v) is 8.24. The smallest absolute Gasteiger partial charge is 0.303 e. The highest BCUT2D eigenvalue weighted by Crippen LogP contribution is 2.40. The second-order valence-electron chi connectivity index (χ2n) is 11.4. The summed E-state index contributed by atoms with van der Waals surface area (Å²) in [5.41, 5.74) is 0. The number of carboxylic acids is 1. The number of hydrogen-bond acceptors (Lipinski definition) is 6. The molecule has 2 unspecified atom stereocenters. The Kier molecular flexibility index (Phi) is 14.4. The average Bonchev–Trinajstić information content (AvgIpc) is 3.21. The zero-order valence-electron chi connectivity index (χ0n) is 23.7.